The molecule has 0 aliphatic carbocycles. The van der Waals surface area contributed by atoms with Gasteiger partial charge in [0, 0.05) is 0 Å². The second-order valence-corrected chi connectivity index (χ2v) is 4.28. The Kier molecular flexibility index (Phi) is 6.93. The van der Waals surface area contributed by atoms with E-state index in [1.165, 1.54) is 16.7 Å². The molecule has 0 aromatic carbocycles. The standard InChI is InChI=1S/C11H20.C2H6/c1-8(2)9(3)10(4)11(5,6)7;1-2/h1H2,2-7H3;1-2H3/b10-9-;. The monoisotopic (exact) mass is 182 g/mol. The fourth-order valence-corrected chi connectivity index (χ4v) is 0.883. The van der Waals surface area contributed by atoms with Gasteiger partial charge in [0.05, 0.1) is 0 Å². The Hall–Kier alpha value is -0.520. The van der Waals surface area contributed by atoms with E-state index in [0.29, 0.717) is 0 Å². The first kappa shape index (κ1) is 15.0. The Bertz CT molecular complexity index is 187. The lowest BCUT2D eigenvalue weighted by molar-refractivity contribution is 0.499. The SMILES string of the molecule is C=C(C)/C(C)=C(/C)C(C)(C)C.CC. The van der Waals surface area contributed by atoms with Gasteiger partial charge in [0.15, 0.2) is 0 Å². The Morgan fingerprint density at radius 1 is 0.923 bits per heavy atom. The highest BCUT2D eigenvalue weighted by Crippen LogP contribution is 2.29. The maximum absolute atomic E-state index is 3.93. The fraction of sp³-hybridized carbons (Fsp3) is 0.692. The van der Waals surface area contributed by atoms with Crippen molar-refractivity contribution in [2.45, 2.75) is 55.4 Å². The van der Waals surface area contributed by atoms with Gasteiger partial charge >= 0.3 is 0 Å². The van der Waals surface area contributed by atoms with Gasteiger partial charge in [-0.05, 0) is 31.8 Å². The second kappa shape index (κ2) is 6.01. The third-order valence-electron chi connectivity index (χ3n) is 2.33. The van der Waals surface area contributed by atoms with Crippen molar-refractivity contribution in [1.29, 1.82) is 0 Å². The Labute approximate surface area is 84.7 Å². The van der Waals surface area contributed by atoms with Crippen molar-refractivity contribution in [3.63, 3.8) is 0 Å². The lowest BCUT2D eigenvalue weighted by atomic mass is 9.83. The molecule has 0 aromatic rings. The summed E-state index contributed by atoms with van der Waals surface area (Å²) in [6.45, 7) is 21.0. The summed E-state index contributed by atoms with van der Waals surface area (Å²) < 4.78 is 0. The van der Waals surface area contributed by atoms with Crippen LogP contribution in [0.4, 0.5) is 0 Å². The highest BCUT2D eigenvalue weighted by Gasteiger charge is 2.14. The minimum absolute atomic E-state index is 0.281. The molecule has 0 saturated carbocycles. The van der Waals surface area contributed by atoms with Gasteiger partial charge in [0.1, 0.15) is 0 Å². The summed E-state index contributed by atoms with van der Waals surface area (Å²) in [5.41, 5.74) is 4.24. The molecule has 0 bridgehead atoms. The van der Waals surface area contributed by atoms with Crippen molar-refractivity contribution in [3.8, 4) is 0 Å². The van der Waals surface area contributed by atoms with Gasteiger partial charge in [-0.25, -0.2) is 0 Å². The Morgan fingerprint density at radius 2 is 1.23 bits per heavy atom. The number of hydrogen-bond donors (Lipinski definition) is 0. The lowest BCUT2D eigenvalue weighted by Crippen LogP contribution is -2.08. The van der Waals surface area contributed by atoms with Crippen LogP contribution in [0.15, 0.2) is 23.3 Å². The minimum atomic E-state index is 0.281. The molecule has 0 rings (SSSR count). The molecule has 0 heterocycles. The average molecular weight is 182 g/mol. The molecule has 0 heteroatoms. The molecule has 0 saturated heterocycles. The molecule has 0 N–H and O–H groups in total. The zero-order valence-corrected chi connectivity index (χ0v) is 10.7. The van der Waals surface area contributed by atoms with E-state index in [1.807, 2.05) is 13.8 Å². The number of allylic oxidation sites excluding steroid dienone is 3. The first-order chi connectivity index (χ1) is 5.76. The van der Waals surface area contributed by atoms with Crippen LogP contribution in [-0.4, -0.2) is 0 Å². The highest BCUT2D eigenvalue weighted by atomic mass is 14.2. The molecule has 0 radical (unpaired) electrons. The van der Waals surface area contributed by atoms with Gasteiger partial charge in [0.25, 0.3) is 0 Å². The lowest BCUT2D eigenvalue weighted by Gasteiger charge is -2.22. The van der Waals surface area contributed by atoms with Crippen molar-refractivity contribution in [2.75, 3.05) is 0 Å². The van der Waals surface area contributed by atoms with E-state index >= 15 is 0 Å². The fourth-order valence-electron chi connectivity index (χ4n) is 0.883. The molecular weight excluding hydrogens is 156 g/mol. The summed E-state index contributed by atoms with van der Waals surface area (Å²) in [6, 6.07) is 0. The molecule has 0 atom stereocenters. The van der Waals surface area contributed by atoms with Gasteiger partial charge in [-0.1, -0.05) is 52.3 Å². The van der Waals surface area contributed by atoms with Crippen LogP contribution in [0.2, 0.25) is 0 Å². The van der Waals surface area contributed by atoms with Crippen LogP contribution in [-0.2, 0) is 0 Å². The predicted molar refractivity (Wildman–Crippen MR) is 64.0 cm³/mol. The third kappa shape index (κ3) is 5.68. The summed E-state index contributed by atoms with van der Waals surface area (Å²) in [6.07, 6.45) is 0. The van der Waals surface area contributed by atoms with Crippen LogP contribution in [0.1, 0.15) is 55.4 Å². The summed E-state index contributed by atoms with van der Waals surface area (Å²) in [4.78, 5) is 0. The van der Waals surface area contributed by atoms with E-state index in [4.69, 9.17) is 0 Å². The van der Waals surface area contributed by atoms with E-state index in [-0.39, 0.29) is 5.41 Å². The number of rotatable bonds is 1. The first-order valence-electron chi connectivity index (χ1n) is 5.10. The van der Waals surface area contributed by atoms with E-state index in [9.17, 15) is 0 Å². The van der Waals surface area contributed by atoms with Crippen LogP contribution in [0.5, 0.6) is 0 Å². The van der Waals surface area contributed by atoms with Crippen molar-refractivity contribution in [1.82, 2.24) is 0 Å². The van der Waals surface area contributed by atoms with Gasteiger partial charge in [-0.2, -0.15) is 0 Å². The zero-order chi connectivity index (χ0) is 11.2. The van der Waals surface area contributed by atoms with E-state index in [1.54, 1.807) is 0 Å². The predicted octanol–water partition coefficient (Wildman–Crippen LogP) is 4.97. The maximum atomic E-state index is 3.93. The Balaban J connectivity index is 0. The molecule has 0 aliphatic rings. The van der Waals surface area contributed by atoms with Crippen LogP contribution >= 0.6 is 0 Å². The smallest absolute Gasteiger partial charge is 0.0170 e. The summed E-state index contributed by atoms with van der Waals surface area (Å²) >= 11 is 0. The molecule has 0 amide bonds. The van der Waals surface area contributed by atoms with E-state index < -0.39 is 0 Å². The van der Waals surface area contributed by atoms with Crippen molar-refractivity contribution in [3.05, 3.63) is 23.3 Å². The molecule has 78 valence electrons. The van der Waals surface area contributed by atoms with Crippen LogP contribution < -0.4 is 0 Å². The molecule has 0 spiro atoms. The highest BCUT2D eigenvalue weighted by molar-refractivity contribution is 5.31. The average Bonchev–Trinajstić information content (AvgIpc) is 2.03. The van der Waals surface area contributed by atoms with Gasteiger partial charge in [-0.3, -0.25) is 0 Å². The molecule has 0 fully saturated rings. The van der Waals surface area contributed by atoms with Gasteiger partial charge < -0.3 is 0 Å². The zero-order valence-electron chi connectivity index (χ0n) is 10.7. The van der Waals surface area contributed by atoms with Crippen LogP contribution in [0.3, 0.4) is 0 Å². The summed E-state index contributed by atoms with van der Waals surface area (Å²) in [5.74, 6) is 0. The normalized spacial score (nSPS) is 12.6. The van der Waals surface area contributed by atoms with Crippen LogP contribution in [0, 0.1) is 5.41 Å². The summed E-state index contributed by atoms with van der Waals surface area (Å²) in [7, 11) is 0. The van der Waals surface area contributed by atoms with Gasteiger partial charge in [-0.15, -0.1) is 0 Å². The summed E-state index contributed by atoms with van der Waals surface area (Å²) in [5, 5.41) is 0. The number of hydrogen-bond acceptors (Lipinski definition) is 0. The molecule has 0 unspecified atom stereocenters. The molecule has 0 aromatic heterocycles. The third-order valence-corrected chi connectivity index (χ3v) is 2.33. The van der Waals surface area contributed by atoms with Gasteiger partial charge in [0.2, 0.25) is 0 Å². The second-order valence-electron chi connectivity index (χ2n) is 4.28. The molecule has 0 nitrogen and oxygen atoms in total. The van der Waals surface area contributed by atoms with Crippen LogP contribution in [0.25, 0.3) is 0 Å². The first-order valence-corrected chi connectivity index (χ1v) is 5.10. The quantitative estimate of drug-likeness (QED) is 0.502. The van der Waals surface area contributed by atoms with E-state index in [2.05, 4.69) is 48.1 Å². The largest absolute Gasteiger partial charge is 0.0959 e. The van der Waals surface area contributed by atoms with E-state index in [0.717, 1.165) is 0 Å². The minimum Gasteiger partial charge on any atom is -0.0959 e. The van der Waals surface area contributed by atoms with Crippen molar-refractivity contribution in [2.24, 2.45) is 5.41 Å². The molecular formula is C13H26. The van der Waals surface area contributed by atoms with Crippen molar-refractivity contribution >= 4 is 0 Å². The topological polar surface area (TPSA) is 0 Å². The molecule has 13 heavy (non-hydrogen) atoms. The van der Waals surface area contributed by atoms with Crippen molar-refractivity contribution < 1.29 is 0 Å². The molecule has 0 aliphatic heterocycles. The maximum Gasteiger partial charge on any atom is -0.0170 e. The Morgan fingerprint density at radius 3 is 1.31 bits per heavy atom.